The number of benzene rings is 4. The minimum absolute atomic E-state index is 0.287. The SMILES string of the molecule is CCCCOC1[C@@H](OCCCC)C(COC(c2ccccc2)(c2ccccc2)c2ccccc2)O[C@@H](Sc2ccc(C)cc2)[C@H]1OCCCC. The van der Waals surface area contributed by atoms with Crippen molar-refractivity contribution in [3.63, 3.8) is 0 Å². The molecular formula is C44H56O5S. The summed E-state index contributed by atoms with van der Waals surface area (Å²) in [5.74, 6) is 0. The fourth-order valence-electron chi connectivity index (χ4n) is 6.49. The van der Waals surface area contributed by atoms with Crippen molar-refractivity contribution in [1.82, 2.24) is 0 Å². The summed E-state index contributed by atoms with van der Waals surface area (Å²) in [6.45, 7) is 10.9. The molecule has 4 aromatic carbocycles. The van der Waals surface area contributed by atoms with Crippen molar-refractivity contribution in [2.75, 3.05) is 26.4 Å². The first-order valence-electron chi connectivity index (χ1n) is 18.6. The molecule has 4 aromatic rings. The van der Waals surface area contributed by atoms with Gasteiger partial charge in [-0.2, -0.15) is 0 Å². The summed E-state index contributed by atoms with van der Waals surface area (Å²) in [6, 6.07) is 40.2. The van der Waals surface area contributed by atoms with E-state index in [0.717, 1.165) is 60.1 Å². The lowest BCUT2D eigenvalue weighted by Crippen LogP contribution is -2.61. The van der Waals surface area contributed by atoms with Crippen LogP contribution in [-0.4, -0.2) is 56.3 Å². The lowest BCUT2D eigenvalue weighted by atomic mass is 9.80. The van der Waals surface area contributed by atoms with E-state index in [1.54, 1.807) is 11.8 Å². The molecule has 0 saturated carbocycles. The number of hydrogen-bond acceptors (Lipinski definition) is 6. The number of unbranched alkanes of at least 4 members (excludes halogenated alkanes) is 3. The average Bonchev–Trinajstić information content (AvgIpc) is 3.16. The topological polar surface area (TPSA) is 46.2 Å². The van der Waals surface area contributed by atoms with Crippen LogP contribution in [0.5, 0.6) is 0 Å². The van der Waals surface area contributed by atoms with Crippen LogP contribution >= 0.6 is 11.8 Å². The van der Waals surface area contributed by atoms with Gasteiger partial charge in [-0.1, -0.05) is 160 Å². The van der Waals surface area contributed by atoms with Gasteiger partial charge in [0.15, 0.2) is 0 Å². The molecule has 50 heavy (non-hydrogen) atoms. The van der Waals surface area contributed by atoms with E-state index < -0.39 is 11.7 Å². The summed E-state index contributed by atoms with van der Waals surface area (Å²) in [5, 5.41) is 0. The average molecular weight is 697 g/mol. The Morgan fingerprint density at radius 3 is 1.46 bits per heavy atom. The molecular weight excluding hydrogens is 641 g/mol. The Kier molecular flexibility index (Phi) is 15.4. The molecule has 0 amide bonds. The fourth-order valence-corrected chi connectivity index (χ4v) is 7.62. The summed E-state index contributed by atoms with van der Waals surface area (Å²) >= 11 is 1.70. The highest BCUT2D eigenvalue weighted by Crippen LogP contribution is 2.43. The molecule has 6 heteroatoms. The standard InChI is InChI=1S/C44H56O5S/c1-5-8-30-45-40-39(33-48-44(35-20-14-11-15-21-35,36-22-16-12-17-23-36)37-24-18-13-19-25-37)49-43(50-38-28-26-34(4)27-29-38)42(47-32-10-7-3)41(40)46-31-9-6-2/h11-29,39-43H,5-10,30-33H2,1-4H3/t39?,40-,41?,42-,43-/m0/s1. The molecule has 0 spiro atoms. The lowest BCUT2D eigenvalue weighted by Gasteiger charge is -2.47. The van der Waals surface area contributed by atoms with Gasteiger partial charge in [-0.3, -0.25) is 0 Å². The van der Waals surface area contributed by atoms with Crippen LogP contribution in [0.3, 0.4) is 0 Å². The molecule has 5 atom stereocenters. The second kappa shape index (κ2) is 20.2. The maximum atomic E-state index is 7.38. The van der Waals surface area contributed by atoms with E-state index >= 15 is 0 Å². The summed E-state index contributed by atoms with van der Waals surface area (Å²) < 4.78 is 34.9. The highest BCUT2D eigenvalue weighted by Gasteiger charge is 2.50. The molecule has 1 fully saturated rings. The van der Waals surface area contributed by atoms with Crippen molar-refractivity contribution in [3.05, 3.63) is 138 Å². The van der Waals surface area contributed by atoms with Crippen LogP contribution < -0.4 is 0 Å². The number of ether oxygens (including phenoxy) is 5. The summed E-state index contributed by atoms with van der Waals surface area (Å²) in [5.41, 5.74) is 3.19. The molecule has 5 rings (SSSR count). The Bertz CT molecular complexity index is 1390. The molecule has 0 bridgehead atoms. The van der Waals surface area contributed by atoms with Crippen molar-refractivity contribution in [1.29, 1.82) is 0 Å². The second-order valence-corrected chi connectivity index (χ2v) is 14.3. The third kappa shape index (κ3) is 9.87. The van der Waals surface area contributed by atoms with E-state index in [9.17, 15) is 0 Å². The van der Waals surface area contributed by atoms with Crippen LogP contribution in [0.4, 0.5) is 0 Å². The summed E-state index contributed by atoms with van der Waals surface area (Å²) in [6.07, 6.45) is 4.62. The van der Waals surface area contributed by atoms with Crippen LogP contribution in [-0.2, 0) is 29.3 Å². The van der Waals surface area contributed by atoms with Crippen LogP contribution in [0.15, 0.2) is 120 Å². The number of hydrogen-bond donors (Lipinski definition) is 0. The van der Waals surface area contributed by atoms with Crippen LogP contribution in [0.1, 0.15) is 81.5 Å². The molecule has 0 aromatic heterocycles. The quantitative estimate of drug-likeness (QED) is 0.0677. The molecule has 0 aliphatic carbocycles. The highest BCUT2D eigenvalue weighted by atomic mass is 32.2. The van der Waals surface area contributed by atoms with E-state index in [1.165, 1.54) is 5.56 Å². The zero-order valence-electron chi connectivity index (χ0n) is 30.4. The first-order valence-corrected chi connectivity index (χ1v) is 19.5. The van der Waals surface area contributed by atoms with Crippen molar-refractivity contribution in [2.45, 2.75) is 107 Å². The maximum Gasteiger partial charge on any atom is 0.143 e. The molecule has 1 aliphatic heterocycles. The fraction of sp³-hybridized carbons (Fsp3) is 0.455. The van der Waals surface area contributed by atoms with Crippen LogP contribution in [0.25, 0.3) is 0 Å². The van der Waals surface area contributed by atoms with Gasteiger partial charge in [-0.15, -0.1) is 0 Å². The highest BCUT2D eigenvalue weighted by molar-refractivity contribution is 7.99. The van der Waals surface area contributed by atoms with E-state index in [-0.39, 0.29) is 30.4 Å². The minimum atomic E-state index is -0.881. The van der Waals surface area contributed by atoms with Gasteiger partial charge in [0, 0.05) is 24.7 Å². The van der Waals surface area contributed by atoms with Gasteiger partial charge in [0.2, 0.25) is 0 Å². The molecule has 2 unspecified atom stereocenters. The summed E-state index contributed by atoms with van der Waals surface area (Å²) in [7, 11) is 0. The molecule has 5 nitrogen and oxygen atoms in total. The largest absolute Gasteiger partial charge is 0.373 e. The van der Waals surface area contributed by atoms with Crippen LogP contribution in [0.2, 0.25) is 0 Å². The summed E-state index contributed by atoms with van der Waals surface area (Å²) in [4.78, 5) is 1.13. The predicted octanol–water partition coefficient (Wildman–Crippen LogP) is 10.4. The molecule has 0 N–H and O–H groups in total. The zero-order valence-corrected chi connectivity index (χ0v) is 31.2. The van der Waals surface area contributed by atoms with Gasteiger partial charge in [0.05, 0.1) is 6.61 Å². The Balaban J connectivity index is 1.57. The van der Waals surface area contributed by atoms with Gasteiger partial charge < -0.3 is 23.7 Å². The van der Waals surface area contributed by atoms with Crippen molar-refractivity contribution < 1.29 is 23.7 Å². The number of thioether (sulfide) groups is 1. The Labute approximate surface area is 305 Å². The first kappa shape index (κ1) is 38.3. The Hall–Kier alpha value is -2.97. The smallest absolute Gasteiger partial charge is 0.143 e. The monoisotopic (exact) mass is 696 g/mol. The molecule has 0 radical (unpaired) electrons. The third-order valence-corrected chi connectivity index (χ3v) is 10.5. The van der Waals surface area contributed by atoms with E-state index in [0.29, 0.717) is 19.8 Å². The van der Waals surface area contributed by atoms with Gasteiger partial charge in [-0.25, -0.2) is 0 Å². The second-order valence-electron chi connectivity index (χ2n) is 13.1. The van der Waals surface area contributed by atoms with Crippen molar-refractivity contribution in [3.8, 4) is 0 Å². The van der Waals surface area contributed by atoms with E-state index in [4.69, 9.17) is 23.7 Å². The third-order valence-electron chi connectivity index (χ3n) is 9.29. The molecule has 1 saturated heterocycles. The van der Waals surface area contributed by atoms with E-state index in [2.05, 4.69) is 143 Å². The maximum absolute atomic E-state index is 7.38. The Morgan fingerprint density at radius 1 is 0.560 bits per heavy atom. The van der Waals surface area contributed by atoms with Crippen molar-refractivity contribution in [2.24, 2.45) is 0 Å². The van der Waals surface area contributed by atoms with Crippen LogP contribution in [0, 0.1) is 6.92 Å². The minimum Gasteiger partial charge on any atom is -0.373 e. The number of rotatable bonds is 20. The molecule has 1 aliphatic rings. The van der Waals surface area contributed by atoms with E-state index in [1.807, 2.05) is 0 Å². The van der Waals surface area contributed by atoms with Gasteiger partial charge in [0.25, 0.3) is 0 Å². The zero-order chi connectivity index (χ0) is 35.0. The number of aryl methyl sites for hydroxylation is 1. The predicted molar refractivity (Wildman–Crippen MR) is 205 cm³/mol. The Morgan fingerprint density at radius 2 is 1.00 bits per heavy atom. The van der Waals surface area contributed by atoms with Gasteiger partial charge in [0.1, 0.15) is 35.5 Å². The first-order chi connectivity index (χ1) is 24.6. The van der Waals surface area contributed by atoms with Crippen molar-refractivity contribution >= 4 is 11.8 Å². The normalized spacial score (nSPS) is 20.9. The van der Waals surface area contributed by atoms with Gasteiger partial charge >= 0.3 is 0 Å². The van der Waals surface area contributed by atoms with Gasteiger partial charge in [-0.05, 0) is 55.0 Å². The molecule has 1 heterocycles. The molecule has 268 valence electrons. The lowest BCUT2D eigenvalue weighted by molar-refractivity contribution is -0.251.